The van der Waals surface area contributed by atoms with Crippen molar-refractivity contribution in [1.29, 1.82) is 0 Å². The van der Waals surface area contributed by atoms with Gasteiger partial charge in [-0.15, -0.1) is 0 Å². The van der Waals surface area contributed by atoms with Crippen molar-refractivity contribution in [2.24, 2.45) is 5.92 Å². The molecule has 1 aromatic carbocycles. The first kappa shape index (κ1) is 22.2. The van der Waals surface area contributed by atoms with Crippen molar-refractivity contribution in [2.75, 3.05) is 13.2 Å². The molecule has 1 aromatic heterocycles. The Balaban J connectivity index is 1.72. The first-order valence-electron chi connectivity index (χ1n) is 10.4. The number of hydrogen-bond donors (Lipinski definition) is 2. The molecule has 0 aliphatic carbocycles. The van der Waals surface area contributed by atoms with Crippen molar-refractivity contribution in [3.63, 3.8) is 0 Å². The summed E-state index contributed by atoms with van der Waals surface area (Å²) in [5.74, 6) is -1.02. The molecule has 0 spiro atoms. The monoisotopic (exact) mass is 432 g/mol. The number of amides is 1. The number of carbonyl (C=O) groups is 1. The molecule has 1 amide bonds. The molecule has 0 unspecified atom stereocenters. The lowest BCUT2D eigenvalue weighted by Gasteiger charge is -2.20. The van der Waals surface area contributed by atoms with Gasteiger partial charge in [-0.05, 0) is 48.9 Å². The van der Waals surface area contributed by atoms with Gasteiger partial charge in [0.15, 0.2) is 4.90 Å². The lowest BCUT2D eigenvalue weighted by Crippen LogP contribution is -2.39. The minimum atomic E-state index is -4.24. The number of aryl methyl sites for hydroxylation is 1. The minimum absolute atomic E-state index is 0.421. The Morgan fingerprint density at radius 1 is 1.10 bits per heavy atom. The molecule has 2 aromatic rings. The van der Waals surface area contributed by atoms with Crippen molar-refractivity contribution < 1.29 is 17.9 Å². The molecule has 3 rings (SSSR count). The summed E-state index contributed by atoms with van der Waals surface area (Å²) < 4.78 is 32.3. The van der Waals surface area contributed by atoms with E-state index in [1.165, 1.54) is 24.5 Å². The summed E-state index contributed by atoms with van der Waals surface area (Å²) in [5.41, 5.74) is 1.78. The fraction of sp³-hybridized carbons (Fsp3) is 0.455. The SMILES string of the molecule is CCCCCc1ccc(-c2ccc(S(=O)(=O)NC(=O)C3CCOCC3)c(=O)[nH]2)cc1. The largest absolute Gasteiger partial charge is 0.381 e. The van der Waals surface area contributed by atoms with Gasteiger partial charge >= 0.3 is 0 Å². The maximum absolute atomic E-state index is 12.5. The highest BCUT2D eigenvalue weighted by atomic mass is 32.2. The fourth-order valence-corrected chi connectivity index (χ4v) is 4.58. The lowest BCUT2D eigenvalue weighted by atomic mass is 10.0. The number of unbranched alkanes of at least 4 members (excludes halogenated alkanes) is 2. The predicted molar refractivity (Wildman–Crippen MR) is 115 cm³/mol. The van der Waals surface area contributed by atoms with Crippen LogP contribution in [0.15, 0.2) is 46.1 Å². The Labute approximate surface area is 176 Å². The molecule has 2 N–H and O–H groups in total. The van der Waals surface area contributed by atoms with E-state index < -0.39 is 32.3 Å². The molecule has 2 heterocycles. The van der Waals surface area contributed by atoms with Crippen molar-refractivity contribution in [3.05, 3.63) is 52.3 Å². The number of carbonyl (C=O) groups excluding carboxylic acids is 1. The Morgan fingerprint density at radius 3 is 2.43 bits per heavy atom. The number of nitrogens with one attached hydrogen (secondary N) is 2. The van der Waals surface area contributed by atoms with Crippen LogP contribution in [0.25, 0.3) is 11.3 Å². The summed E-state index contributed by atoms with van der Waals surface area (Å²) >= 11 is 0. The molecule has 1 fully saturated rings. The van der Waals surface area contributed by atoms with Crippen LogP contribution < -0.4 is 10.3 Å². The average Bonchev–Trinajstić information content (AvgIpc) is 2.74. The first-order valence-corrected chi connectivity index (χ1v) is 11.9. The fourth-order valence-electron chi connectivity index (χ4n) is 3.50. The lowest BCUT2D eigenvalue weighted by molar-refractivity contribution is -0.125. The van der Waals surface area contributed by atoms with E-state index in [0.29, 0.717) is 31.7 Å². The molecule has 8 heteroatoms. The zero-order chi connectivity index (χ0) is 21.6. The van der Waals surface area contributed by atoms with E-state index in [9.17, 15) is 18.0 Å². The molecule has 1 aliphatic rings. The second-order valence-electron chi connectivity index (χ2n) is 7.58. The van der Waals surface area contributed by atoms with Crippen molar-refractivity contribution in [3.8, 4) is 11.3 Å². The van der Waals surface area contributed by atoms with E-state index in [1.807, 2.05) is 29.0 Å². The predicted octanol–water partition coefficient (Wildman–Crippen LogP) is 3.01. The number of pyridine rings is 1. The highest BCUT2D eigenvalue weighted by Gasteiger charge is 2.27. The van der Waals surface area contributed by atoms with Gasteiger partial charge < -0.3 is 9.72 Å². The van der Waals surface area contributed by atoms with Gasteiger partial charge in [0.2, 0.25) is 5.91 Å². The van der Waals surface area contributed by atoms with Crippen LogP contribution in [0.1, 0.15) is 44.6 Å². The molecule has 1 saturated heterocycles. The molecular formula is C22H28N2O5S. The Bertz CT molecular complexity index is 1020. The van der Waals surface area contributed by atoms with Gasteiger partial charge in [0.05, 0.1) is 0 Å². The Kier molecular flexibility index (Phi) is 7.44. The summed E-state index contributed by atoms with van der Waals surface area (Å²) in [6, 6.07) is 10.6. The zero-order valence-corrected chi connectivity index (χ0v) is 18.0. The molecular weight excluding hydrogens is 404 g/mol. The van der Waals surface area contributed by atoms with E-state index in [4.69, 9.17) is 4.74 Å². The third kappa shape index (κ3) is 5.58. The van der Waals surface area contributed by atoms with Gasteiger partial charge in [0.25, 0.3) is 15.6 Å². The molecule has 30 heavy (non-hydrogen) atoms. The van der Waals surface area contributed by atoms with Crippen LogP contribution in [-0.2, 0) is 26.0 Å². The molecule has 0 saturated carbocycles. The molecule has 7 nitrogen and oxygen atoms in total. The van der Waals surface area contributed by atoms with Crippen molar-refractivity contribution >= 4 is 15.9 Å². The van der Waals surface area contributed by atoms with Gasteiger partial charge in [0.1, 0.15) is 0 Å². The van der Waals surface area contributed by atoms with Gasteiger partial charge in [-0.3, -0.25) is 9.59 Å². The van der Waals surface area contributed by atoms with Crippen molar-refractivity contribution in [1.82, 2.24) is 9.71 Å². The summed E-state index contributed by atoms with van der Waals surface area (Å²) in [6.45, 7) is 3.01. The van der Waals surface area contributed by atoms with Crippen LogP contribution in [0.2, 0.25) is 0 Å². The van der Waals surface area contributed by atoms with Crippen LogP contribution >= 0.6 is 0 Å². The van der Waals surface area contributed by atoms with Gasteiger partial charge in [-0.2, -0.15) is 0 Å². The molecule has 0 bridgehead atoms. The number of ether oxygens (including phenoxy) is 1. The number of H-pyrrole nitrogens is 1. The van der Waals surface area contributed by atoms with E-state index in [-0.39, 0.29) is 0 Å². The van der Waals surface area contributed by atoms with Crippen LogP contribution in [-0.4, -0.2) is 32.5 Å². The normalized spacial score (nSPS) is 15.1. The highest BCUT2D eigenvalue weighted by molar-refractivity contribution is 7.90. The summed E-state index contributed by atoms with van der Waals surface area (Å²) in [4.78, 5) is 26.9. The smallest absolute Gasteiger partial charge is 0.269 e. The van der Waals surface area contributed by atoms with Crippen molar-refractivity contribution in [2.45, 2.75) is 50.3 Å². The summed E-state index contributed by atoms with van der Waals surface area (Å²) in [7, 11) is -4.24. The van der Waals surface area contributed by atoms with E-state index in [2.05, 4.69) is 11.9 Å². The van der Waals surface area contributed by atoms with E-state index >= 15 is 0 Å². The highest BCUT2D eigenvalue weighted by Crippen LogP contribution is 2.19. The van der Waals surface area contributed by atoms with Crippen LogP contribution in [0.3, 0.4) is 0 Å². The summed E-state index contributed by atoms with van der Waals surface area (Å²) in [6.07, 6.45) is 5.43. The topological polar surface area (TPSA) is 105 Å². The quantitative estimate of drug-likeness (QED) is 0.624. The Hall–Kier alpha value is -2.45. The number of hydrogen-bond acceptors (Lipinski definition) is 5. The van der Waals surface area contributed by atoms with Gasteiger partial charge in [-0.1, -0.05) is 44.0 Å². The second-order valence-corrected chi connectivity index (χ2v) is 9.23. The standard InChI is InChI=1S/C22H28N2O5S/c1-2-3-4-5-16-6-8-17(9-7-16)19-10-11-20(22(26)23-19)30(27,28)24-21(25)18-12-14-29-15-13-18/h6-11,18H,2-5,12-15H2,1H3,(H,23,26)(H,24,25). The molecule has 1 aliphatic heterocycles. The average molecular weight is 433 g/mol. The molecule has 0 radical (unpaired) electrons. The van der Waals surface area contributed by atoms with E-state index in [1.54, 1.807) is 6.07 Å². The third-order valence-corrected chi connectivity index (χ3v) is 6.69. The van der Waals surface area contributed by atoms with Crippen LogP contribution in [0, 0.1) is 5.92 Å². The first-order chi connectivity index (χ1) is 14.4. The maximum atomic E-state index is 12.5. The molecule has 162 valence electrons. The second kappa shape index (κ2) is 10.0. The number of benzene rings is 1. The maximum Gasteiger partial charge on any atom is 0.269 e. The Morgan fingerprint density at radius 2 is 1.80 bits per heavy atom. The van der Waals surface area contributed by atoms with Gasteiger partial charge in [0, 0.05) is 24.8 Å². The number of aromatic amines is 1. The number of sulfonamides is 1. The summed E-state index contributed by atoms with van der Waals surface area (Å²) in [5, 5.41) is 0. The number of rotatable bonds is 8. The van der Waals surface area contributed by atoms with E-state index in [0.717, 1.165) is 18.4 Å². The van der Waals surface area contributed by atoms with Crippen LogP contribution in [0.4, 0.5) is 0 Å². The molecule has 0 atom stereocenters. The van der Waals surface area contributed by atoms with Gasteiger partial charge in [-0.25, -0.2) is 13.1 Å². The van der Waals surface area contributed by atoms with Crippen LogP contribution in [0.5, 0.6) is 0 Å². The minimum Gasteiger partial charge on any atom is -0.381 e. The third-order valence-electron chi connectivity index (χ3n) is 5.32. The number of aromatic nitrogens is 1. The zero-order valence-electron chi connectivity index (χ0n) is 17.1.